The zero-order chi connectivity index (χ0) is 17.9. The summed E-state index contributed by atoms with van der Waals surface area (Å²) in [5.41, 5.74) is 0. The number of hydrogen-bond donors (Lipinski definition) is 3. The van der Waals surface area contributed by atoms with Gasteiger partial charge in [0.1, 0.15) is 0 Å². The summed E-state index contributed by atoms with van der Waals surface area (Å²) >= 11 is 0. The van der Waals surface area contributed by atoms with Gasteiger partial charge in [-0.15, -0.1) is 0 Å². The van der Waals surface area contributed by atoms with E-state index < -0.39 is 12.2 Å². The first-order valence-corrected chi connectivity index (χ1v) is 10.3. The van der Waals surface area contributed by atoms with Crippen LogP contribution in [0, 0.1) is 0 Å². The highest BCUT2D eigenvalue weighted by Crippen LogP contribution is 2.12. The molecule has 0 rings (SSSR count). The lowest BCUT2D eigenvalue weighted by Gasteiger charge is -2.12. The molecule has 2 atom stereocenters. The molecule has 3 heteroatoms. The Morgan fingerprint density at radius 3 is 1.50 bits per heavy atom. The first-order chi connectivity index (χ1) is 11.7. The fourth-order valence-corrected chi connectivity index (χ4v) is 2.88. The molecule has 0 aromatic rings. The highest BCUT2D eigenvalue weighted by Gasteiger charge is 2.09. The monoisotopic (exact) mass is 342 g/mol. The van der Waals surface area contributed by atoms with Crippen molar-refractivity contribution in [3.63, 3.8) is 0 Å². The molecule has 2 unspecified atom stereocenters. The standard InChI is InChI=1S/C21H42O3/c1-20(23)21(24)18-16-14-12-10-8-6-4-2-3-5-7-9-11-13-15-17-19-22/h2-3,20-24H,4-19H2,1H3. The summed E-state index contributed by atoms with van der Waals surface area (Å²) in [4.78, 5) is 0. The molecule has 24 heavy (non-hydrogen) atoms. The van der Waals surface area contributed by atoms with Crippen molar-refractivity contribution in [1.29, 1.82) is 0 Å². The predicted molar refractivity (Wildman–Crippen MR) is 103 cm³/mol. The van der Waals surface area contributed by atoms with E-state index in [1.807, 2.05) is 0 Å². The Morgan fingerprint density at radius 1 is 0.625 bits per heavy atom. The molecule has 0 aromatic heterocycles. The molecule has 0 heterocycles. The van der Waals surface area contributed by atoms with E-state index in [0.29, 0.717) is 6.61 Å². The average Bonchev–Trinajstić information content (AvgIpc) is 2.57. The molecule has 144 valence electrons. The van der Waals surface area contributed by atoms with E-state index >= 15 is 0 Å². The molecule has 0 spiro atoms. The van der Waals surface area contributed by atoms with Gasteiger partial charge in [-0.2, -0.15) is 0 Å². The fourth-order valence-electron chi connectivity index (χ4n) is 2.88. The third-order valence-corrected chi connectivity index (χ3v) is 4.62. The third kappa shape index (κ3) is 18.0. The predicted octanol–water partition coefficient (Wildman–Crippen LogP) is 5.13. The molecule has 0 saturated carbocycles. The molecular formula is C21H42O3. The van der Waals surface area contributed by atoms with Crippen LogP contribution in [0.3, 0.4) is 0 Å². The molecular weight excluding hydrogens is 300 g/mol. The van der Waals surface area contributed by atoms with Gasteiger partial charge in [-0.3, -0.25) is 0 Å². The van der Waals surface area contributed by atoms with Crippen LogP contribution in [0.2, 0.25) is 0 Å². The maximum atomic E-state index is 9.49. The number of rotatable bonds is 18. The molecule has 0 fully saturated rings. The van der Waals surface area contributed by atoms with Crippen LogP contribution >= 0.6 is 0 Å². The SMILES string of the molecule is CC(O)C(O)CCCCCCCCC=CCCCCCCCCO. The zero-order valence-electron chi connectivity index (χ0n) is 16.0. The molecule has 3 N–H and O–H groups in total. The molecule has 0 bridgehead atoms. The number of unbranched alkanes of at least 4 members (excludes halogenated alkanes) is 12. The summed E-state index contributed by atoms with van der Waals surface area (Å²) in [6.45, 7) is 1.99. The van der Waals surface area contributed by atoms with Gasteiger partial charge in [0.05, 0.1) is 12.2 Å². The van der Waals surface area contributed by atoms with Gasteiger partial charge in [-0.1, -0.05) is 69.9 Å². The zero-order valence-corrected chi connectivity index (χ0v) is 16.0. The van der Waals surface area contributed by atoms with Gasteiger partial charge >= 0.3 is 0 Å². The van der Waals surface area contributed by atoms with Gasteiger partial charge in [-0.05, 0) is 45.4 Å². The van der Waals surface area contributed by atoms with E-state index in [4.69, 9.17) is 5.11 Å². The van der Waals surface area contributed by atoms with Crippen LogP contribution in [-0.4, -0.2) is 34.1 Å². The van der Waals surface area contributed by atoms with Crippen LogP contribution in [-0.2, 0) is 0 Å². The minimum atomic E-state index is -0.594. The lowest BCUT2D eigenvalue weighted by Crippen LogP contribution is -2.21. The molecule has 0 amide bonds. The van der Waals surface area contributed by atoms with Crippen LogP contribution in [0.1, 0.15) is 103 Å². The maximum absolute atomic E-state index is 9.49. The van der Waals surface area contributed by atoms with Crippen LogP contribution in [0.25, 0.3) is 0 Å². The second-order valence-corrected chi connectivity index (χ2v) is 7.11. The van der Waals surface area contributed by atoms with Crippen molar-refractivity contribution in [2.24, 2.45) is 0 Å². The number of aliphatic hydroxyl groups excluding tert-OH is 3. The molecule has 0 saturated heterocycles. The van der Waals surface area contributed by atoms with Crippen molar-refractivity contribution in [2.75, 3.05) is 6.61 Å². The van der Waals surface area contributed by atoms with Gasteiger partial charge in [0, 0.05) is 6.61 Å². The van der Waals surface area contributed by atoms with Gasteiger partial charge in [0.15, 0.2) is 0 Å². The van der Waals surface area contributed by atoms with Gasteiger partial charge in [0.25, 0.3) is 0 Å². The van der Waals surface area contributed by atoms with E-state index in [-0.39, 0.29) is 0 Å². The Bertz CT molecular complexity index is 264. The van der Waals surface area contributed by atoms with Crippen molar-refractivity contribution >= 4 is 0 Å². The quantitative estimate of drug-likeness (QED) is 0.239. The van der Waals surface area contributed by atoms with Crippen LogP contribution in [0.15, 0.2) is 12.2 Å². The van der Waals surface area contributed by atoms with Crippen LogP contribution in [0.4, 0.5) is 0 Å². The molecule has 0 aliphatic rings. The van der Waals surface area contributed by atoms with Gasteiger partial charge in [-0.25, -0.2) is 0 Å². The summed E-state index contributed by atoms with van der Waals surface area (Å²) in [5.74, 6) is 0. The lowest BCUT2D eigenvalue weighted by molar-refractivity contribution is 0.0247. The molecule has 0 radical (unpaired) electrons. The van der Waals surface area contributed by atoms with E-state index in [1.54, 1.807) is 6.92 Å². The fraction of sp³-hybridized carbons (Fsp3) is 0.905. The Hall–Kier alpha value is -0.380. The Labute approximate surface area is 150 Å². The first-order valence-electron chi connectivity index (χ1n) is 10.3. The highest BCUT2D eigenvalue weighted by molar-refractivity contribution is 4.81. The second-order valence-electron chi connectivity index (χ2n) is 7.11. The molecule has 0 aliphatic heterocycles. The number of aliphatic hydroxyl groups is 3. The summed E-state index contributed by atoms with van der Waals surface area (Å²) in [6.07, 6.45) is 21.3. The van der Waals surface area contributed by atoms with Crippen molar-refractivity contribution < 1.29 is 15.3 Å². The summed E-state index contributed by atoms with van der Waals surface area (Å²) < 4.78 is 0. The molecule has 3 nitrogen and oxygen atoms in total. The van der Waals surface area contributed by atoms with E-state index in [0.717, 1.165) is 25.7 Å². The highest BCUT2D eigenvalue weighted by atomic mass is 16.3. The van der Waals surface area contributed by atoms with Crippen molar-refractivity contribution in [1.82, 2.24) is 0 Å². The summed E-state index contributed by atoms with van der Waals surface area (Å²) in [7, 11) is 0. The summed E-state index contributed by atoms with van der Waals surface area (Å²) in [6, 6.07) is 0. The normalized spacial score (nSPS) is 14.3. The Balaban J connectivity index is 3.13. The van der Waals surface area contributed by atoms with E-state index in [1.165, 1.54) is 70.6 Å². The average molecular weight is 343 g/mol. The lowest BCUT2D eigenvalue weighted by atomic mass is 10.0. The molecule has 0 aromatic carbocycles. The maximum Gasteiger partial charge on any atom is 0.0796 e. The van der Waals surface area contributed by atoms with Gasteiger partial charge in [0.2, 0.25) is 0 Å². The number of hydrogen-bond acceptors (Lipinski definition) is 3. The van der Waals surface area contributed by atoms with Crippen molar-refractivity contribution in [3.05, 3.63) is 12.2 Å². The van der Waals surface area contributed by atoms with Crippen molar-refractivity contribution in [2.45, 2.75) is 115 Å². The van der Waals surface area contributed by atoms with Crippen molar-refractivity contribution in [3.8, 4) is 0 Å². The Kier molecular flexibility index (Phi) is 18.7. The number of allylic oxidation sites excluding steroid dienone is 2. The first kappa shape index (κ1) is 23.6. The van der Waals surface area contributed by atoms with E-state index in [2.05, 4.69) is 12.2 Å². The molecule has 0 aliphatic carbocycles. The van der Waals surface area contributed by atoms with Crippen LogP contribution < -0.4 is 0 Å². The third-order valence-electron chi connectivity index (χ3n) is 4.62. The minimum Gasteiger partial charge on any atom is -0.396 e. The van der Waals surface area contributed by atoms with Crippen LogP contribution in [0.5, 0.6) is 0 Å². The van der Waals surface area contributed by atoms with E-state index in [9.17, 15) is 10.2 Å². The summed E-state index contributed by atoms with van der Waals surface area (Å²) in [5, 5.41) is 27.4. The van der Waals surface area contributed by atoms with Gasteiger partial charge < -0.3 is 15.3 Å². The second kappa shape index (κ2) is 19.0. The largest absolute Gasteiger partial charge is 0.396 e. The minimum absolute atomic E-state index is 0.342. The topological polar surface area (TPSA) is 60.7 Å². The Morgan fingerprint density at radius 2 is 1.04 bits per heavy atom. The smallest absolute Gasteiger partial charge is 0.0796 e.